The second-order valence-electron chi connectivity index (χ2n) is 5.33. The van der Waals surface area contributed by atoms with E-state index >= 15 is 0 Å². The molecule has 2 aromatic carbocycles. The first-order valence-corrected chi connectivity index (χ1v) is 7.31. The van der Waals surface area contributed by atoms with Gasteiger partial charge in [0.25, 0.3) is 11.4 Å². The average molecular weight is 330 g/mol. The maximum Gasteiger partial charge on any atom is 0.292 e. The third-order valence-corrected chi connectivity index (χ3v) is 3.75. The lowest BCUT2D eigenvalue weighted by molar-refractivity contribution is -0.384. The van der Waals surface area contributed by atoms with Crippen LogP contribution in [0.25, 0.3) is 0 Å². The quantitative estimate of drug-likeness (QED) is 0.572. The third kappa shape index (κ3) is 3.78. The molecule has 0 unspecified atom stereocenters. The number of nitro groups is 2. The van der Waals surface area contributed by atoms with Crippen LogP contribution in [0.5, 0.6) is 0 Å². The maximum atomic E-state index is 11.1. The van der Waals surface area contributed by atoms with Crippen molar-refractivity contribution >= 4 is 22.7 Å². The highest BCUT2D eigenvalue weighted by molar-refractivity contribution is 5.64. The number of nitrogens with zero attached hydrogens (tertiary/aromatic N) is 4. The van der Waals surface area contributed by atoms with E-state index in [1.807, 2.05) is 0 Å². The molecule has 0 saturated carbocycles. The topological polar surface area (TPSA) is 92.8 Å². The summed E-state index contributed by atoms with van der Waals surface area (Å²) in [6.07, 6.45) is 0. The van der Waals surface area contributed by atoms with Crippen molar-refractivity contribution in [3.63, 3.8) is 0 Å². The van der Waals surface area contributed by atoms with Gasteiger partial charge in [0.1, 0.15) is 11.4 Å². The Morgan fingerprint density at radius 1 is 0.750 bits per heavy atom. The molecule has 0 amide bonds. The first kappa shape index (κ1) is 17.2. The molecule has 0 N–H and O–H groups in total. The van der Waals surface area contributed by atoms with Crippen molar-refractivity contribution < 1.29 is 9.85 Å². The number of hydrogen-bond acceptors (Lipinski definition) is 6. The Kier molecular flexibility index (Phi) is 5.31. The van der Waals surface area contributed by atoms with Crippen molar-refractivity contribution in [2.45, 2.75) is 0 Å². The highest BCUT2D eigenvalue weighted by Gasteiger charge is 2.18. The van der Waals surface area contributed by atoms with Crippen molar-refractivity contribution in [3.05, 3.63) is 68.8 Å². The Bertz CT molecular complexity index is 687. The molecule has 2 rings (SSSR count). The molecule has 0 atom stereocenters. The van der Waals surface area contributed by atoms with Gasteiger partial charge in [0.15, 0.2) is 0 Å². The second-order valence-corrected chi connectivity index (χ2v) is 5.33. The zero-order valence-electron chi connectivity index (χ0n) is 13.5. The number of para-hydroxylation sites is 4. The number of hydrogen-bond donors (Lipinski definition) is 0. The van der Waals surface area contributed by atoms with Crippen molar-refractivity contribution in [2.75, 3.05) is 37.0 Å². The molecule has 24 heavy (non-hydrogen) atoms. The second kappa shape index (κ2) is 7.40. The molecule has 126 valence electrons. The van der Waals surface area contributed by atoms with Crippen molar-refractivity contribution in [1.29, 1.82) is 0 Å². The van der Waals surface area contributed by atoms with Gasteiger partial charge in [-0.2, -0.15) is 0 Å². The van der Waals surface area contributed by atoms with Crippen LogP contribution in [0, 0.1) is 20.2 Å². The van der Waals surface area contributed by atoms with Gasteiger partial charge in [-0.3, -0.25) is 20.2 Å². The summed E-state index contributed by atoms with van der Waals surface area (Å²) in [5.41, 5.74) is 1.10. The van der Waals surface area contributed by atoms with Gasteiger partial charge in [-0.05, 0) is 12.1 Å². The van der Waals surface area contributed by atoms with E-state index in [1.165, 1.54) is 12.1 Å². The summed E-state index contributed by atoms with van der Waals surface area (Å²) in [5.74, 6) is 0. The monoisotopic (exact) mass is 330 g/mol. The van der Waals surface area contributed by atoms with Crippen LogP contribution in [0.1, 0.15) is 0 Å². The van der Waals surface area contributed by atoms with Crippen LogP contribution in [0.15, 0.2) is 48.5 Å². The summed E-state index contributed by atoms with van der Waals surface area (Å²) in [6.45, 7) is 0.959. The van der Waals surface area contributed by atoms with Crippen molar-refractivity contribution in [2.24, 2.45) is 0 Å². The predicted octanol–water partition coefficient (Wildman–Crippen LogP) is 3.08. The molecule has 0 radical (unpaired) electrons. The van der Waals surface area contributed by atoms with E-state index in [-0.39, 0.29) is 11.4 Å². The summed E-state index contributed by atoms with van der Waals surface area (Å²) in [6, 6.07) is 13.0. The van der Waals surface area contributed by atoms with E-state index in [2.05, 4.69) is 0 Å². The average Bonchev–Trinajstić information content (AvgIpc) is 2.59. The summed E-state index contributed by atoms with van der Waals surface area (Å²) in [7, 11) is 3.52. The lowest BCUT2D eigenvalue weighted by Crippen LogP contribution is -2.31. The van der Waals surface area contributed by atoms with Gasteiger partial charge < -0.3 is 9.80 Å². The number of rotatable bonds is 7. The van der Waals surface area contributed by atoms with Gasteiger partial charge in [-0.1, -0.05) is 24.3 Å². The summed E-state index contributed by atoms with van der Waals surface area (Å²) in [4.78, 5) is 24.9. The molecule has 8 nitrogen and oxygen atoms in total. The summed E-state index contributed by atoms with van der Waals surface area (Å²) < 4.78 is 0. The van der Waals surface area contributed by atoms with Crippen LogP contribution in [0.4, 0.5) is 22.7 Å². The van der Waals surface area contributed by atoms with Crippen LogP contribution in [-0.2, 0) is 0 Å². The Morgan fingerprint density at radius 2 is 1.08 bits per heavy atom. The summed E-state index contributed by atoms with van der Waals surface area (Å²) >= 11 is 0. The number of likely N-dealkylation sites (N-methyl/N-ethyl adjacent to an activating group) is 2. The van der Waals surface area contributed by atoms with Gasteiger partial charge in [0.2, 0.25) is 0 Å². The number of anilines is 2. The number of nitro benzene ring substituents is 2. The van der Waals surface area contributed by atoms with Crippen LogP contribution in [0.2, 0.25) is 0 Å². The molecule has 0 fully saturated rings. The standard InChI is InChI=1S/C16H18N4O4/c1-17(13-7-3-5-9-15(13)19(21)22)11-12-18(2)14-8-4-6-10-16(14)20(23)24/h3-10H,11-12H2,1-2H3. The fraction of sp³-hybridized carbons (Fsp3) is 0.250. The largest absolute Gasteiger partial charge is 0.367 e. The molecule has 0 spiro atoms. The van der Waals surface area contributed by atoms with E-state index < -0.39 is 9.85 Å². The molecule has 8 heteroatoms. The molecule has 0 heterocycles. The minimum Gasteiger partial charge on any atom is -0.367 e. The van der Waals surface area contributed by atoms with Crippen LogP contribution in [-0.4, -0.2) is 37.0 Å². The minimum absolute atomic E-state index is 0.0355. The molecule has 0 aliphatic heterocycles. The highest BCUT2D eigenvalue weighted by Crippen LogP contribution is 2.28. The maximum absolute atomic E-state index is 11.1. The van der Waals surface area contributed by atoms with E-state index in [0.717, 1.165) is 0 Å². The van der Waals surface area contributed by atoms with E-state index in [0.29, 0.717) is 24.5 Å². The normalized spacial score (nSPS) is 10.2. The van der Waals surface area contributed by atoms with Crippen LogP contribution in [0.3, 0.4) is 0 Å². The van der Waals surface area contributed by atoms with E-state index in [4.69, 9.17) is 0 Å². The van der Waals surface area contributed by atoms with Crippen molar-refractivity contribution in [1.82, 2.24) is 0 Å². The van der Waals surface area contributed by atoms with Gasteiger partial charge >= 0.3 is 0 Å². The Labute approximate surface area is 139 Å². The van der Waals surface area contributed by atoms with Gasteiger partial charge in [0, 0.05) is 39.3 Å². The molecule has 0 aliphatic carbocycles. The fourth-order valence-electron chi connectivity index (χ4n) is 2.42. The molecular weight excluding hydrogens is 312 g/mol. The summed E-state index contributed by atoms with van der Waals surface area (Å²) in [5, 5.41) is 22.2. The number of benzene rings is 2. The molecule has 0 aromatic heterocycles. The first-order valence-electron chi connectivity index (χ1n) is 7.31. The van der Waals surface area contributed by atoms with Crippen LogP contribution < -0.4 is 9.80 Å². The Morgan fingerprint density at radius 3 is 1.42 bits per heavy atom. The Hall–Kier alpha value is -3.16. The van der Waals surface area contributed by atoms with Crippen molar-refractivity contribution in [3.8, 4) is 0 Å². The zero-order chi connectivity index (χ0) is 17.7. The molecule has 0 aliphatic rings. The fourth-order valence-corrected chi connectivity index (χ4v) is 2.42. The minimum atomic E-state index is -0.419. The first-order chi connectivity index (χ1) is 11.4. The van der Waals surface area contributed by atoms with Crippen LogP contribution >= 0.6 is 0 Å². The third-order valence-electron chi connectivity index (χ3n) is 3.75. The smallest absolute Gasteiger partial charge is 0.292 e. The molecule has 2 aromatic rings. The lowest BCUT2D eigenvalue weighted by atomic mass is 10.2. The van der Waals surface area contributed by atoms with Gasteiger partial charge in [-0.25, -0.2) is 0 Å². The van der Waals surface area contributed by atoms with Gasteiger partial charge in [0.05, 0.1) is 9.85 Å². The van der Waals surface area contributed by atoms with Gasteiger partial charge in [-0.15, -0.1) is 0 Å². The molecule has 0 saturated heterocycles. The van der Waals surface area contributed by atoms with E-state index in [9.17, 15) is 20.2 Å². The molecule has 0 bridgehead atoms. The Balaban J connectivity index is 2.11. The SMILES string of the molecule is CN(CCN(C)c1ccccc1[N+](=O)[O-])c1ccccc1[N+](=O)[O-]. The van der Waals surface area contributed by atoms with E-state index in [1.54, 1.807) is 60.3 Å². The zero-order valence-corrected chi connectivity index (χ0v) is 13.5. The predicted molar refractivity (Wildman–Crippen MR) is 92.7 cm³/mol. The lowest BCUT2D eigenvalue weighted by Gasteiger charge is -2.24. The molecular formula is C16H18N4O4. The highest BCUT2D eigenvalue weighted by atomic mass is 16.6.